The van der Waals surface area contributed by atoms with Crippen molar-refractivity contribution >= 4 is 31.9 Å². The lowest BCUT2D eigenvalue weighted by Gasteiger charge is -2.15. The van der Waals surface area contributed by atoms with E-state index in [0.29, 0.717) is 13.2 Å². The first-order valence-corrected chi connectivity index (χ1v) is 8.05. The van der Waals surface area contributed by atoms with E-state index in [4.69, 9.17) is 9.47 Å². The van der Waals surface area contributed by atoms with Crippen LogP contribution >= 0.6 is 31.9 Å². The van der Waals surface area contributed by atoms with Gasteiger partial charge in [0.1, 0.15) is 18.5 Å². The van der Waals surface area contributed by atoms with Crippen molar-refractivity contribution in [2.75, 3.05) is 20.3 Å². The second-order valence-electron chi connectivity index (χ2n) is 4.46. The quantitative estimate of drug-likeness (QED) is 0.714. The van der Waals surface area contributed by atoms with Crippen molar-refractivity contribution in [3.63, 3.8) is 0 Å². The topological polar surface area (TPSA) is 38.7 Å². The van der Waals surface area contributed by atoms with Crippen molar-refractivity contribution in [1.29, 1.82) is 0 Å². The maximum Gasteiger partial charge on any atom is 0.133 e. The Labute approximate surface area is 141 Å². The van der Waals surface area contributed by atoms with E-state index in [0.717, 1.165) is 25.8 Å². The van der Waals surface area contributed by atoms with Gasteiger partial charge in [-0.15, -0.1) is 0 Å². The number of hydrogen-bond acceptors (Lipinski definition) is 3. The minimum absolute atomic E-state index is 0.487. The Hall–Kier alpha value is -0.880. The summed E-state index contributed by atoms with van der Waals surface area (Å²) >= 11 is 6.93. The molecule has 0 saturated heterocycles. The fraction of sp³-hybridized carbons (Fsp3) is 0.250. The number of benzene rings is 2. The lowest BCUT2D eigenvalue weighted by molar-refractivity contribution is 0.146. The second-order valence-corrected chi connectivity index (χ2v) is 6.16. The van der Waals surface area contributed by atoms with Gasteiger partial charge in [0.2, 0.25) is 0 Å². The Morgan fingerprint density at radius 3 is 2.48 bits per heavy atom. The molecule has 0 spiro atoms. The lowest BCUT2D eigenvalue weighted by Crippen LogP contribution is -2.05. The normalized spacial score (nSPS) is 12.2. The molecule has 0 aliphatic carbocycles. The van der Waals surface area contributed by atoms with E-state index < -0.39 is 6.10 Å². The standard InChI is InChI=1S/C16H16Br2O3/c1-20-8-9-21-15-7-6-11(10-14(15)18)16(19)12-4-2-3-5-13(12)17/h2-7,10,16,19H,8-9H2,1H3. The number of hydrogen-bond donors (Lipinski definition) is 1. The van der Waals surface area contributed by atoms with Crippen molar-refractivity contribution in [2.24, 2.45) is 0 Å². The van der Waals surface area contributed by atoms with Crippen LogP contribution in [0.5, 0.6) is 5.75 Å². The minimum atomic E-state index is -0.690. The Morgan fingerprint density at radius 2 is 1.81 bits per heavy atom. The van der Waals surface area contributed by atoms with Gasteiger partial charge in [0.25, 0.3) is 0 Å². The molecule has 0 amide bonds. The molecular weight excluding hydrogens is 400 g/mol. The highest BCUT2D eigenvalue weighted by atomic mass is 79.9. The molecule has 0 bridgehead atoms. The fourth-order valence-electron chi connectivity index (χ4n) is 1.92. The first-order chi connectivity index (χ1) is 10.1. The zero-order valence-corrected chi connectivity index (χ0v) is 14.7. The average Bonchev–Trinajstić information content (AvgIpc) is 2.49. The molecule has 2 aromatic carbocycles. The predicted octanol–water partition coefficient (Wildman–Crippen LogP) is 4.32. The maximum atomic E-state index is 10.5. The summed E-state index contributed by atoms with van der Waals surface area (Å²) in [5.74, 6) is 0.732. The molecule has 21 heavy (non-hydrogen) atoms. The molecule has 0 aliphatic rings. The van der Waals surface area contributed by atoms with Crippen LogP contribution in [0.1, 0.15) is 17.2 Å². The molecule has 0 radical (unpaired) electrons. The van der Waals surface area contributed by atoms with Gasteiger partial charge in [-0.3, -0.25) is 0 Å². The number of methoxy groups -OCH3 is 1. The number of halogens is 2. The summed E-state index contributed by atoms with van der Waals surface area (Å²) in [5, 5.41) is 10.5. The van der Waals surface area contributed by atoms with Gasteiger partial charge in [0.15, 0.2) is 0 Å². The summed E-state index contributed by atoms with van der Waals surface area (Å²) in [6, 6.07) is 13.2. The molecule has 0 aromatic heterocycles. The van der Waals surface area contributed by atoms with Crippen LogP contribution in [0, 0.1) is 0 Å². The molecule has 2 aromatic rings. The van der Waals surface area contributed by atoms with Gasteiger partial charge in [-0.05, 0) is 45.3 Å². The maximum absolute atomic E-state index is 10.5. The summed E-state index contributed by atoms with van der Waals surface area (Å²) in [5.41, 5.74) is 1.63. The van der Waals surface area contributed by atoms with Crippen molar-refractivity contribution < 1.29 is 14.6 Å². The highest BCUT2D eigenvalue weighted by Crippen LogP contribution is 2.33. The Balaban J connectivity index is 2.18. The largest absolute Gasteiger partial charge is 0.490 e. The number of aliphatic hydroxyl groups excluding tert-OH is 1. The van der Waals surface area contributed by atoms with Crippen molar-refractivity contribution in [1.82, 2.24) is 0 Å². The highest BCUT2D eigenvalue weighted by Gasteiger charge is 2.14. The van der Waals surface area contributed by atoms with E-state index >= 15 is 0 Å². The number of aliphatic hydroxyl groups is 1. The lowest BCUT2D eigenvalue weighted by atomic mass is 10.0. The monoisotopic (exact) mass is 414 g/mol. The summed E-state index contributed by atoms with van der Waals surface area (Å²) < 4.78 is 12.2. The Kier molecular flexibility index (Phi) is 6.23. The predicted molar refractivity (Wildman–Crippen MR) is 89.7 cm³/mol. The van der Waals surface area contributed by atoms with Crippen molar-refractivity contribution in [2.45, 2.75) is 6.10 Å². The molecule has 112 valence electrons. The third-order valence-electron chi connectivity index (χ3n) is 3.02. The van der Waals surface area contributed by atoms with Gasteiger partial charge in [-0.1, -0.05) is 40.2 Å². The van der Waals surface area contributed by atoms with Crippen LogP contribution in [0.25, 0.3) is 0 Å². The average molecular weight is 416 g/mol. The zero-order valence-electron chi connectivity index (χ0n) is 11.6. The van der Waals surface area contributed by atoms with Gasteiger partial charge in [-0.25, -0.2) is 0 Å². The molecule has 5 heteroatoms. The van der Waals surface area contributed by atoms with E-state index in [2.05, 4.69) is 31.9 Å². The molecule has 0 saturated carbocycles. The van der Waals surface area contributed by atoms with Crippen LogP contribution in [0.3, 0.4) is 0 Å². The van der Waals surface area contributed by atoms with Crippen molar-refractivity contribution in [3.8, 4) is 5.75 Å². The molecule has 0 aliphatic heterocycles. The zero-order chi connectivity index (χ0) is 15.2. The minimum Gasteiger partial charge on any atom is -0.490 e. The van der Waals surface area contributed by atoms with Gasteiger partial charge in [0, 0.05) is 11.6 Å². The highest BCUT2D eigenvalue weighted by molar-refractivity contribution is 9.10. The van der Waals surface area contributed by atoms with E-state index in [9.17, 15) is 5.11 Å². The fourth-order valence-corrected chi connectivity index (χ4v) is 2.93. The van der Waals surface area contributed by atoms with E-state index in [1.807, 2.05) is 42.5 Å². The molecule has 3 nitrogen and oxygen atoms in total. The molecule has 0 fully saturated rings. The van der Waals surface area contributed by atoms with Crippen LogP contribution in [-0.2, 0) is 4.74 Å². The van der Waals surface area contributed by atoms with Gasteiger partial charge < -0.3 is 14.6 Å². The molecule has 1 unspecified atom stereocenters. The smallest absolute Gasteiger partial charge is 0.133 e. The third kappa shape index (κ3) is 4.30. The van der Waals surface area contributed by atoms with Crippen LogP contribution in [0.4, 0.5) is 0 Å². The van der Waals surface area contributed by atoms with Crippen LogP contribution in [-0.4, -0.2) is 25.4 Å². The molecule has 2 rings (SSSR count). The SMILES string of the molecule is COCCOc1ccc(C(O)c2ccccc2Br)cc1Br. The number of rotatable bonds is 6. The second kappa shape index (κ2) is 7.94. The van der Waals surface area contributed by atoms with Gasteiger partial charge >= 0.3 is 0 Å². The van der Waals surface area contributed by atoms with E-state index in [-0.39, 0.29) is 0 Å². The summed E-state index contributed by atoms with van der Waals surface area (Å²) in [7, 11) is 1.63. The van der Waals surface area contributed by atoms with Crippen molar-refractivity contribution in [3.05, 3.63) is 62.5 Å². The third-order valence-corrected chi connectivity index (χ3v) is 4.36. The molecule has 1 atom stereocenters. The van der Waals surface area contributed by atoms with Crippen LogP contribution in [0.15, 0.2) is 51.4 Å². The Bertz CT molecular complexity index is 602. The molecular formula is C16H16Br2O3. The summed E-state index contributed by atoms with van der Waals surface area (Å²) in [4.78, 5) is 0. The molecule has 1 N–H and O–H groups in total. The number of ether oxygens (including phenoxy) is 2. The Morgan fingerprint density at radius 1 is 1.05 bits per heavy atom. The molecule has 0 heterocycles. The first-order valence-electron chi connectivity index (χ1n) is 6.47. The van der Waals surface area contributed by atoms with Gasteiger partial charge in [0.05, 0.1) is 11.1 Å². The summed E-state index contributed by atoms with van der Waals surface area (Å²) in [6.07, 6.45) is -0.690. The van der Waals surface area contributed by atoms with Gasteiger partial charge in [-0.2, -0.15) is 0 Å². The van der Waals surface area contributed by atoms with Crippen LogP contribution in [0.2, 0.25) is 0 Å². The van der Waals surface area contributed by atoms with E-state index in [1.54, 1.807) is 7.11 Å². The van der Waals surface area contributed by atoms with Crippen LogP contribution < -0.4 is 4.74 Å². The van der Waals surface area contributed by atoms with E-state index in [1.165, 1.54) is 0 Å². The first kappa shape index (κ1) is 16.5. The summed E-state index contributed by atoms with van der Waals surface area (Å²) in [6.45, 7) is 1.02.